The Labute approximate surface area is 153 Å². The summed E-state index contributed by atoms with van der Waals surface area (Å²) in [6, 6.07) is 6.15. The molecule has 3 heterocycles. The summed E-state index contributed by atoms with van der Waals surface area (Å²) in [5.41, 5.74) is 1.18. The number of halogens is 1. The summed E-state index contributed by atoms with van der Waals surface area (Å²) in [5, 5.41) is 0.483. The van der Waals surface area contributed by atoms with Crippen LogP contribution in [0.1, 0.15) is 33.6 Å². The molecule has 1 amide bonds. The molecule has 26 heavy (non-hydrogen) atoms. The third kappa shape index (κ3) is 2.92. The molecule has 0 saturated carbocycles. The second-order valence-electron chi connectivity index (χ2n) is 6.54. The number of aromatic nitrogens is 2. The molecule has 134 valence electrons. The lowest BCUT2D eigenvalue weighted by atomic mass is 10.2. The highest BCUT2D eigenvalue weighted by molar-refractivity contribution is 7.20. The number of amides is 1. The second-order valence-corrected chi connectivity index (χ2v) is 7.54. The summed E-state index contributed by atoms with van der Waals surface area (Å²) < 4.78 is 14.8. The van der Waals surface area contributed by atoms with Gasteiger partial charge in [-0.05, 0) is 43.0 Å². The molecular weight excluding hydrogens is 353 g/mol. The monoisotopic (exact) mass is 371 g/mol. The molecule has 1 fully saturated rings. The molecule has 4 rings (SSSR count). The maximum atomic E-state index is 13.4. The minimum Gasteiger partial charge on any atom is -0.338 e. The van der Waals surface area contributed by atoms with Crippen molar-refractivity contribution in [1.82, 2.24) is 14.5 Å². The average molecular weight is 371 g/mol. The number of fused-ring (bicyclic) bond motifs is 1. The van der Waals surface area contributed by atoms with E-state index in [0.29, 0.717) is 26.2 Å². The van der Waals surface area contributed by atoms with Gasteiger partial charge in [0.2, 0.25) is 0 Å². The maximum Gasteiger partial charge on any atom is 0.264 e. The van der Waals surface area contributed by atoms with Crippen LogP contribution in [0.25, 0.3) is 10.2 Å². The zero-order valence-corrected chi connectivity index (χ0v) is 15.2. The Morgan fingerprint density at radius 1 is 1.31 bits per heavy atom. The van der Waals surface area contributed by atoms with E-state index in [1.54, 1.807) is 19.1 Å². The SMILES string of the molecule is Cc1c(C(=O)N2CCCC2)sc2ncn(Cc3cccc(F)c3)c(=O)c12. The van der Waals surface area contributed by atoms with E-state index in [1.165, 1.54) is 34.4 Å². The molecule has 5 nitrogen and oxygen atoms in total. The van der Waals surface area contributed by atoms with Crippen molar-refractivity contribution in [2.24, 2.45) is 0 Å². The average Bonchev–Trinajstić information content (AvgIpc) is 3.26. The highest BCUT2D eigenvalue weighted by Crippen LogP contribution is 2.29. The molecule has 7 heteroatoms. The Morgan fingerprint density at radius 2 is 2.08 bits per heavy atom. The Morgan fingerprint density at radius 3 is 2.81 bits per heavy atom. The van der Waals surface area contributed by atoms with E-state index in [0.717, 1.165) is 25.9 Å². The van der Waals surface area contributed by atoms with Crippen LogP contribution in [0.5, 0.6) is 0 Å². The molecule has 0 aliphatic carbocycles. The van der Waals surface area contributed by atoms with E-state index < -0.39 is 0 Å². The van der Waals surface area contributed by atoms with Gasteiger partial charge in [0.15, 0.2) is 0 Å². The van der Waals surface area contributed by atoms with E-state index in [9.17, 15) is 14.0 Å². The number of carbonyl (C=O) groups excluding carboxylic acids is 1. The van der Waals surface area contributed by atoms with Gasteiger partial charge in [0.1, 0.15) is 10.6 Å². The third-order valence-corrected chi connectivity index (χ3v) is 5.93. The van der Waals surface area contributed by atoms with Crippen molar-refractivity contribution in [1.29, 1.82) is 0 Å². The molecule has 1 saturated heterocycles. The molecule has 0 atom stereocenters. The van der Waals surface area contributed by atoms with Gasteiger partial charge in [-0.15, -0.1) is 11.3 Å². The van der Waals surface area contributed by atoms with Gasteiger partial charge in [0, 0.05) is 13.1 Å². The zero-order chi connectivity index (χ0) is 18.3. The molecule has 0 radical (unpaired) electrons. The molecule has 0 N–H and O–H groups in total. The summed E-state index contributed by atoms with van der Waals surface area (Å²) >= 11 is 1.27. The lowest BCUT2D eigenvalue weighted by Crippen LogP contribution is -2.27. The number of hydrogen-bond donors (Lipinski definition) is 0. The number of rotatable bonds is 3. The van der Waals surface area contributed by atoms with Crippen LogP contribution in [-0.4, -0.2) is 33.4 Å². The lowest BCUT2D eigenvalue weighted by molar-refractivity contribution is 0.0797. The topological polar surface area (TPSA) is 55.2 Å². The molecule has 2 aromatic heterocycles. The number of likely N-dealkylation sites (tertiary alicyclic amines) is 1. The first-order valence-electron chi connectivity index (χ1n) is 8.57. The first-order valence-corrected chi connectivity index (χ1v) is 9.38. The predicted octanol–water partition coefficient (Wildman–Crippen LogP) is 3.19. The van der Waals surface area contributed by atoms with Crippen molar-refractivity contribution in [3.05, 3.63) is 62.8 Å². The van der Waals surface area contributed by atoms with Crippen LogP contribution in [-0.2, 0) is 6.54 Å². The summed E-state index contributed by atoms with van der Waals surface area (Å²) in [4.78, 5) is 33.0. The standard InChI is InChI=1S/C19H18FN3O2S/c1-12-15-17(26-16(12)19(25)22-7-2-3-8-22)21-11-23(18(15)24)10-13-5-4-6-14(20)9-13/h4-6,9,11H,2-3,7-8,10H2,1H3. The van der Waals surface area contributed by atoms with Crippen LogP contribution in [0.4, 0.5) is 4.39 Å². The van der Waals surface area contributed by atoms with Gasteiger partial charge < -0.3 is 4.90 Å². The predicted molar refractivity (Wildman–Crippen MR) is 99.3 cm³/mol. The van der Waals surface area contributed by atoms with Crippen molar-refractivity contribution < 1.29 is 9.18 Å². The molecule has 1 aliphatic heterocycles. The van der Waals surface area contributed by atoms with Gasteiger partial charge >= 0.3 is 0 Å². The molecule has 3 aromatic rings. The summed E-state index contributed by atoms with van der Waals surface area (Å²) in [6.07, 6.45) is 3.51. The van der Waals surface area contributed by atoms with Gasteiger partial charge in [0.25, 0.3) is 11.5 Å². The van der Waals surface area contributed by atoms with Crippen LogP contribution in [0, 0.1) is 12.7 Å². The Kier molecular flexibility index (Phi) is 4.32. The third-order valence-electron chi connectivity index (χ3n) is 4.75. The number of nitrogens with zero attached hydrogens (tertiary/aromatic N) is 3. The summed E-state index contributed by atoms with van der Waals surface area (Å²) in [5.74, 6) is -0.353. The number of carbonyl (C=O) groups is 1. The fourth-order valence-electron chi connectivity index (χ4n) is 3.37. The summed E-state index contributed by atoms with van der Waals surface area (Å²) in [6.45, 7) is 3.58. The van der Waals surface area contributed by atoms with Crippen molar-refractivity contribution in [2.75, 3.05) is 13.1 Å². The van der Waals surface area contributed by atoms with Crippen molar-refractivity contribution in [3.8, 4) is 0 Å². The van der Waals surface area contributed by atoms with E-state index in [-0.39, 0.29) is 23.8 Å². The highest BCUT2D eigenvalue weighted by atomic mass is 32.1. The molecule has 1 aliphatic rings. The Hall–Kier alpha value is -2.54. The molecule has 1 aromatic carbocycles. The van der Waals surface area contributed by atoms with Gasteiger partial charge in [0.05, 0.1) is 23.1 Å². The van der Waals surface area contributed by atoms with Crippen LogP contribution in [0.15, 0.2) is 35.4 Å². The van der Waals surface area contributed by atoms with Crippen LogP contribution >= 0.6 is 11.3 Å². The van der Waals surface area contributed by atoms with Gasteiger partial charge in [-0.3, -0.25) is 14.2 Å². The quantitative estimate of drug-likeness (QED) is 0.711. The minimum atomic E-state index is -0.338. The normalized spacial score (nSPS) is 14.3. The minimum absolute atomic E-state index is 0.0147. The Bertz CT molecular complexity index is 1050. The Balaban J connectivity index is 1.74. The number of thiophene rings is 1. The van der Waals surface area contributed by atoms with Crippen molar-refractivity contribution >= 4 is 27.5 Å². The second kappa shape index (κ2) is 6.64. The summed E-state index contributed by atoms with van der Waals surface area (Å²) in [7, 11) is 0. The van der Waals surface area contributed by atoms with E-state index >= 15 is 0 Å². The van der Waals surface area contributed by atoms with E-state index in [4.69, 9.17) is 0 Å². The van der Waals surface area contributed by atoms with E-state index in [1.807, 2.05) is 4.90 Å². The lowest BCUT2D eigenvalue weighted by Gasteiger charge is -2.14. The smallest absolute Gasteiger partial charge is 0.264 e. The first-order chi connectivity index (χ1) is 12.5. The number of benzene rings is 1. The molecule has 0 bridgehead atoms. The van der Waals surface area contributed by atoms with Crippen LogP contribution < -0.4 is 5.56 Å². The number of hydrogen-bond acceptors (Lipinski definition) is 4. The first kappa shape index (κ1) is 16.9. The van der Waals surface area contributed by atoms with E-state index in [2.05, 4.69) is 4.98 Å². The van der Waals surface area contributed by atoms with Crippen LogP contribution in [0.3, 0.4) is 0 Å². The van der Waals surface area contributed by atoms with Crippen LogP contribution in [0.2, 0.25) is 0 Å². The highest BCUT2D eigenvalue weighted by Gasteiger charge is 2.25. The van der Waals surface area contributed by atoms with Gasteiger partial charge in [-0.2, -0.15) is 0 Å². The molecular formula is C19H18FN3O2S. The maximum absolute atomic E-state index is 13.4. The zero-order valence-electron chi connectivity index (χ0n) is 14.4. The fourth-order valence-corrected chi connectivity index (χ4v) is 4.48. The van der Waals surface area contributed by atoms with Crippen molar-refractivity contribution in [3.63, 3.8) is 0 Å². The number of aryl methyl sites for hydroxylation is 1. The fraction of sp³-hybridized carbons (Fsp3) is 0.316. The molecule has 0 unspecified atom stereocenters. The van der Waals surface area contributed by atoms with Gasteiger partial charge in [-0.1, -0.05) is 12.1 Å². The van der Waals surface area contributed by atoms with Gasteiger partial charge in [-0.25, -0.2) is 9.37 Å². The molecule has 0 spiro atoms. The van der Waals surface area contributed by atoms with Crippen molar-refractivity contribution in [2.45, 2.75) is 26.3 Å². The largest absolute Gasteiger partial charge is 0.338 e.